The molecule has 0 aromatic heterocycles. The van der Waals surface area contributed by atoms with Crippen molar-refractivity contribution in [2.45, 2.75) is 45.4 Å². The molecule has 0 unspecified atom stereocenters. The molecule has 0 aromatic rings. The molecule has 13 heavy (non-hydrogen) atoms. The molecule has 1 saturated carbocycles. The lowest BCUT2D eigenvalue weighted by molar-refractivity contribution is -0.121. The van der Waals surface area contributed by atoms with Crippen LogP contribution in [0, 0.1) is 5.41 Å². The van der Waals surface area contributed by atoms with Crippen molar-refractivity contribution in [2.24, 2.45) is 11.3 Å². The van der Waals surface area contributed by atoms with Crippen molar-refractivity contribution in [2.75, 3.05) is 6.61 Å². The summed E-state index contributed by atoms with van der Waals surface area (Å²) >= 11 is 0. The van der Waals surface area contributed by atoms with Gasteiger partial charge in [-0.1, -0.05) is 19.3 Å². The van der Waals surface area contributed by atoms with Crippen molar-refractivity contribution in [3.05, 3.63) is 0 Å². The van der Waals surface area contributed by atoms with E-state index in [1.54, 1.807) is 6.92 Å². The van der Waals surface area contributed by atoms with Crippen molar-refractivity contribution in [3.8, 4) is 0 Å². The van der Waals surface area contributed by atoms with E-state index in [0.717, 1.165) is 12.8 Å². The van der Waals surface area contributed by atoms with Gasteiger partial charge in [0.15, 0.2) is 0 Å². The van der Waals surface area contributed by atoms with Gasteiger partial charge in [0.05, 0.1) is 6.61 Å². The van der Waals surface area contributed by atoms with Gasteiger partial charge in [0, 0.05) is 11.8 Å². The minimum Gasteiger partial charge on any atom is -0.304 e. The smallest absolute Gasteiger partial charge is 0.130 e. The van der Waals surface area contributed by atoms with Crippen LogP contribution in [0.25, 0.3) is 0 Å². The van der Waals surface area contributed by atoms with Gasteiger partial charge in [-0.2, -0.15) is 0 Å². The number of hydrogen-bond donors (Lipinski definition) is 1. The Bertz CT molecular complexity index is 168. The largest absolute Gasteiger partial charge is 0.304 e. The highest BCUT2D eigenvalue weighted by atomic mass is 16.6. The summed E-state index contributed by atoms with van der Waals surface area (Å²) in [6.45, 7) is 2.18. The van der Waals surface area contributed by atoms with Gasteiger partial charge in [0.25, 0.3) is 0 Å². The molecule has 0 heterocycles. The molecule has 76 valence electrons. The fourth-order valence-electron chi connectivity index (χ4n) is 2.38. The number of nitrogens with two attached hydrogens (primary N) is 1. The molecule has 3 heteroatoms. The number of carbonyl (C=O) groups excluding carboxylic acids is 1. The second kappa shape index (κ2) is 4.72. The van der Waals surface area contributed by atoms with Gasteiger partial charge in [-0.15, -0.1) is 0 Å². The van der Waals surface area contributed by atoms with E-state index in [1.165, 1.54) is 19.3 Å². The second-order valence-corrected chi connectivity index (χ2v) is 4.25. The molecule has 0 atom stereocenters. The van der Waals surface area contributed by atoms with Crippen LogP contribution < -0.4 is 5.90 Å². The van der Waals surface area contributed by atoms with Gasteiger partial charge in [0.1, 0.15) is 5.78 Å². The fourth-order valence-corrected chi connectivity index (χ4v) is 2.38. The molecule has 0 bridgehead atoms. The summed E-state index contributed by atoms with van der Waals surface area (Å²) in [7, 11) is 0. The molecule has 0 radical (unpaired) electrons. The molecule has 3 nitrogen and oxygen atoms in total. The molecule has 0 spiro atoms. The lowest BCUT2D eigenvalue weighted by atomic mass is 9.71. The van der Waals surface area contributed by atoms with Crippen molar-refractivity contribution >= 4 is 5.78 Å². The van der Waals surface area contributed by atoms with E-state index in [1.807, 2.05) is 0 Å². The molecule has 0 aliphatic heterocycles. The minimum absolute atomic E-state index is 0.0544. The molecule has 1 aliphatic carbocycles. The van der Waals surface area contributed by atoms with Crippen LogP contribution >= 0.6 is 0 Å². The first-order valence-corrected chi connectivity index (χ1v) is 5.00. The van der Waals surface area contributed by atoms with Crippen molar-refractivity contribution in [3.63, 3.8) is 0 Å². The highest BCUT2D eigenvalue weighted by Crippen LogP contribution is 2.39. The highest BCUT2D eigenvalue weighted by Gasteiger charge is 2.33. The average Bonchev–Trinajstić information content (AvgIpc) is 2.04. The minimum atomic E-state index is 0.0544. The predicted molar refractivity (Wildman–Crippen MR) is 51.0 cm³/mol. The molecule has 0 aromatic carbocycles. The van der Waals surface area contributed by atoms with E-state index in [4.69, 9.17) is 10.7 Å². The first-order valence-electron chi connectivity index (χ1n) is 5.00. The van der Waals surface area contributed by atoms with Crippen LogP contribution in [0.3, 0.4) is 0 Å². The quantitative estimate of drug-likeness (QED) is 0.679. The van der Waals surface area contributed by atoms with E-state index in [-0.39, 0.29) is 11.2 Å². The van der Waals surface area contributed by atoms with Crippen LogP contribution in [0.15, 0.2) is 0 Å². The maximum atomic E-state index is 11.1. The third kappa shape index (κ3) is 3.08. The van der Waals surface area contributed by atoms with E-state index >= 15 is 0 Å². The Kier molecular flexibility index (Phi) is 3.88. The Hall–Kier alpha value is -0.410. The van der Waals surface area contributed by atoms with E-state index < -0.39 is 0 Å². The Morgan fingerprint density at radius 3 is 2.46 bits per heavy atom. The molecule has 0 saturated heterocycles. The lowest BCUT2D eigenvalue weighted by Gasteiger charge is -2.35. The van der Waals surface area contributed by atoms with Crippen LogP contribution in [0.1, 0.15) is 45.4 Å². The molecular formula is C10H19NO2. The third-order valence-electron chi connectivity index (χ3n) is 2.93. The van der Waals surface area contributed by atoms with Gasteiger partial charge in [-0.25, -0.2) is 5.90 Å². The highest BCUT2D eigenvalue weighted by molar-refractivity contribution is 5.76. The summed E-state index contributed by atoms with van der Waals surface area (Å²) in [5.74, 6) is 5.36. The Morgan fingerprint density at radius 2 is 2.00 bits per heavy atom. The second-order valence-electron chi connectivity index (χ2n) is 4.25. The van der Waals surface area contributed by atoms with E-state index in [9.17, 15) is 4.79 Å². The predicted octanol–water partition coefficient (Wildman–Crippen LogP) is 1.81. The Balaban J connectivity index is 2.55. The van der Waals surface area contributed by atoms with Crippen LogP contribution in [-0.4, -0.2) is 12.4 Å². The summed E-state index contributed by atoms with van der Waals surface area (Å²) in [6, 6.07) is 0. The molecule has 1 rings (SSSR count). The summed E-state index contributed by atoms with van der Waals surface area (Å²) in [5, 5.41) is 0. The SMILES string of the molecule is CC(=O)CC1(CON)CCCCC1. The zero-order valence-corrected chi connectivity index (χ0v) is 8.34. The van der Waals surface area contributed by atoms with Gasteiger partial charge in [0.2, 0.25) is 0 Å². The Morgan fingerprint density at radius 1 is 1.38 bits per heavy atom. The van der Waals surface area contributed by atoms with Gasteiger partial charge < -0.3 is 9.63 Å². The first kappa shape index (κ1) is 10.7. The molecular weight excluding hydrogens is 166 g/mol. The molecule has 1 fully saturated rings. The van der Waals surface area contributed by atoms with Gasteiger partial charge in [-0.05, 0) is 19.8 Å². The zero-order valence-electron chi connectivity index (χ0n) is 8.34. The number of Topliss-reactive ketones (excluding diaryl/α,β-unsaturated/α-hetero) is 1. The maximum absolute atomic E-state index is 11.1. The third-order valence-corrected chi connectivity index (χ3v) is 2.93. The molecule has 2 N–H and O–H groups in total. The van der Waals surface area contributed by atoms with Crippen LogP contribution in [-0.2, 0) is 9.63 Å². The van der Waals surface area contributed by atoms with E-state index in [2.05, 4.69) is 0 Å². The summed E-state index contributed by atoms with van der Waals surface area (Å²) in [5.41, 5.74) is 0.0544. The number of hydrogen-bond acceptors (Lipinski definition) is 3. The normalized spacial score (nSPS) is 21.4. The Labute approximate surface area is 79.6 Å². The number of rotatable bonds is 4. The molecule has 0 amide bonds. The lowest BCUT2D eigenvalue weighted by Crippen LogP contribution is -2.32. The topological polar surface area (TPSA) is 52.3 Å². The van der Waals surface area contributed by atoms with Crippen LogP contribution in [0.5, 0.6) is 0 Å². The monoisotopic (exact) mass is 185 g/mol. The maximum Gasteiger partial charge on any atom is 0.130 e. The number of carbonyl (C=O) groups is 1. The van der Waals surface area contributed by atoms with Crippen molar-refractivity contribution < 1.29 is 9.63 Å². The van der Waals surface area contributed by atoms with Gasteiger partial charge >= 0.3 is 0 Å². The van der Waals surface area contributed by atoms with Crippen LogP contribution in [0.4, 0.5) is 0 Å². The fraction of sp³-hybridized carbons (Fsp3) is 0.900. The first-order chi connectivity index (χ1) is 6.18. The van der Waals surface area contributed by atoms with E-state index in [0.29, 0.717) is 13.0 Å². The summed E-state index contributed by atoms with van der Waals surface area (Å²) < 4.78 is 0. The average molecular weight is 185 g/mol. The standard InChI is InChI=1S/C10H19NO2/c1-9(12)7-10(8-13-11)5-3-2-4-6-10/h2-8,11H2,1H3. The van der Waals surface area contributed by atoms with Crippen molar-refractivity contribution in [1.82, 2.24) is 0 Å². The van der Waals surface area contributed by atoms with Gasteiger partial charge in [-0.3, -0.25) is 0 Å². The molecule has 1 aliphatic rings. The van der Waals surface area contributed by atoms with Crippen molar-refractivity contribution in [1.29, 1.82) is 0 Å². The number of ketones is 1. The summed E-state index contributed by atoms with van der Waals surface area (Å²) in [4.78, 5) is 15.8. The summed E-state index contributed by atoms with van der Waals surface area (Å²) in [6.07, 6.45) is 6.50. The van der Waals surface area contributed by atoms with Crippen LogP contribution in [0.2, 0.25) is 0 Å². The zero-order chi connectivity index (χ0) is 9.73.